The summed E-state index contributed by atoms with van der Waals surface area (Å²) in [5.74, 6) is 0.536. The molecule has 7 aromatic rings. The van der Waals surface area contributed by atoms with Crippen LogP contribution in [0.1, 0.15) is 11.5 Å². The van der Waals surface area contributed by atoms with Crippen LogP contribution >= 0.6 is 0 Å². The Morgan fingerprint density at radius 3 is 1.82 bits per heavy atom. The summed E-state index contributed by atoms with van der Waals surface area (Å²) in [6.45, 7) is 0. The minimum atomic E-state index is 0.236. The Labute approximate surface area is 257 Å². The van der Waals surface area contributed by atoms with Crippen molar-refractivity contribution in [1.29, 1.82) is 0 Å². The predicted molar refractivity (Wildman–Crippen MR) is 188 cm³/mol. The first-order valence-electron chi connectivity index (χ1n) is 15.5. The lowest BCUT2D eigenvalue weighted by molar-refractivity contribution is 0.752. The molecule has 0 amide bonds. The number of hydrogen-bond donors (Lipinski definition) is 0. The van der Waals surface area contributed by atoms with Crippen LogP contribution in [0.15, 0.2) is 164 Å². The van der Waals surface area contributed by atoms with Crippen molar-refractivity contribution < 1.29 is 0 Å². The van der Waals surface area contributed by atoms with Crippen LogP contribution < -0.4 is 10.4 Å². The van der Waals surface area contributed by atoms with Gasteiger partial charge in [-0.3, -0.25) is 0 Å². The molecule has 0 bridgehead atoms. The van der Waals surface area contributed by atoms with Crippen LogP contribution in [-0.2, 0) is 0 Å². The van der Waals surface area contributed by atoms with Gasteiger partial charge in [-0.1, -0.05) is 164 Å². The molecule has 2 unspecified atom stereocenters. The maximum Gasteiger partial charge on any atom is 0.0143 e. The minimum absolute atomic E-state index is 0.236. The molecule has 44 heavy (non-hydrogen) atoms. The first-order valence-corrected chi connectivity index (χ1v) is 15.5. The maximum absolute atomic E-state index is 2.51. The van der Waals surface area contributed by atoms with E-state index in [2.05, 4.69) is 170 Å². The van der Waals surface area contributed by atoms with Gasteiger partial charge in [0.2, 0.25) is 0 Å². The molecule has 0 spiro atoms. The average molecular weight is 559 g/mol. The third-order valence-corrected chi connectivity index (χ3v) is 9.65. The van der Waals surface area contributed by atoms with Crippen molar-refractivity contribution in [1.82, 2.24) is 0 Å². The topological polar surface area (TPSA) is 0 Å². The fourth-order valence-corrected chi connectivity index (χ4v) is 7.64. The van der Waals surface area contributed by atoms with Gasteiger partial charge < -0.3 is 0 Å². The van der Waals surface area contributed by atoms with Gasteiger partial charge in [-0.05, 0) is 82.2 Å². The van der Waals surface area contributed by atoms with Crippen LogP contribution in [0.25, 0.3) is 66.2 Å². The lowest BCUT2D eigenvalue weighted by Gasteiger charge is -2.31. The first-order chi connectivity index (χ1) is 21.8. The molecule has 2 aliphatic rings. The zero-order valence-corrected chi connectivity index (χ0v) is 24.3. The van der Waals surface area contributed by atoms with Crippen LogP contribution in [0.4, 0.5) is 0 Å². The van der Waals surface area contributed by atoms with Gasteiger partial charge in [-0.25, -0.2) is 0 Å². The summed E-state index contributed by atoms with van der Waals surface area (Å²) in [5, 5.41) is 10.5. The van der Waals surface area contributed by atoms with Gasteiger partial charge in [0.15, 0.2) is 0 Å². The molecule has 0 aliphatic heterocycles. The van der Waals surface area contributed by atoms with Gasteiger partial charge in [-0.2, -0.15) is 0 Å². The predicted octanol–water partition coefficient (Wildman–Crippen LogP) is 9.95. The van der Waals surface area contributed by atoms with E-state index in [0.717, 1.165) is 0 Å². The molecule has 0 heterocycles. The minimum Gasteiger partial charge on any atom is -0.0761 e. The Balaban J connectivity index is 1.25. The van der Waals surface area contributed by atoms with E-state index in [4.69, 9.17) is 0 Å². The molecular formula is C44H30. The summed E-state index contributed by atoms with van der Waals surface area (Å²) in [5.41, 5.74) is 7.88. The van der Waals surface area contributed by atoms with E-state index in [0.29, 0.717) is 5.92 Å². The van der Waals surface area contributed by atoms with E-state index < -0.39 is 0 Å². The Morgan fingerprint density at radius 2 is 1.05 bits per heavy atom. The van der Waals surface area contributed by atoms with Gasteiger partial charge in [0.1, 0.15) is 0 Å². The Hall–Kier alpha value is -5.46. The summed E-state index contributed by atoms with van der Waals surface area (Å²) in [6, 6.07) is 51.4. The second kappa shape index (κ2) is 10.1. The Kier molecular flexibility index (Phi) is 5.74. The van der Waals surface area contributed by atoms with E-state index in [1.165, 1.54) is 76.1 Å². The smallest absolute Gasteiger partial charge is 0.0143 e. The summed E-state index contributed by atoms with van der Waals surface area (Å²) in [4.78, 5) is 0. The van der Waals surface area contributed by atoms with E-state index >= 15 is 0 Å². The number of hydrogen-bond acceptors (Lipinski definition) is 0. The van der Waals surface area contributed by atoms with Crippen molar-refractivity contribution in [3.63, 3.8) is 0 Å². The van der Waals surface area contributed by atoms with E-state index in [1.54, 1.807) is 0 Å². The highest BCUT2D eigenvalue weighted by atomic mass is 14.3. The fraction of sp³-hybridized carbons (Fsp3) is 0.0455. The maximum atomic E-state index is 2.51. The molecule has 0 fully saturated rings. The molecule has 206 valence electrons. The molecule has 0 saturated carbocycles. The van der Waals surface area contributed by atoms with Crippen LogP contribution in [0.3, 0.4) is 0 Å². The summed E-state index contributed by atoms with van der Waals surface area (Å²) in [6.07, 6.45) is 11.6. The van der Waals surface area contributed by atoms with Crippen LogP contribution in [0, 0.1) is 5.92 Å². The quantitative estimate of drug-likeness (QED) is 0.189. The van der Waals surface area contributed by atoms with Crippen molar-refractivity contribution in [2.75, 3.05) is 0 Å². The molecule has 0 heteroatoms. The zero-order chi connectivity index (χ0) is 29.0. The molecule has 0 saturated heterocycles. The lowest BCUT2D eigenvalue weighted by atomic mass is 9.72. The Morgan fingerprint density at radius 1 is 0.432 bits per heavy atom. The number of fused-ring (bicyclic) bond motifs is 5. The summed E-state index contributed by atoms with van der Waals surface area (Å²) < 4.78 is 0. The van der Waals surface area contributed by atoms with Crippen LogP contribution in [-0.4, -0.2) is 0 Å². The largest absolute Gasteiger partial charge is 0.0761 e. The lowest BCUT2D eigenvalue weighted by Crippen LogP contribution is -2.35. The first kappa shape index (κ1) is 25.1. The number of benzene rings is 7. The standard InChI is InChI=1S/C44H30/c1-2-12-32-27-33(26-23-29(32)11-1)30-21-24-31(25-22-30)43-38-17-7-9-19-40(38)44(41-20-10-8-18-39(41)43)42-28-34-13-3-4-14-35(34)36-15-5-6-16-37(36)42/h1-28,37,42H. The van der Waals surface area contributed by atoms with E-state index in [9.17, 15) is 0 Å². The highest BCUT2D eigenvalue weighted by Gasteiger charge is 2.29. The number of allylic oxidation sites excluding steroid dienone is 4. The van der Waals surface area contributed by atoms with Crippen molar-refractivity contribution in [3.05, 3.63) is 180 Å². The molecule has 9 rings (SSSR count). The monoisotopic (exact) mass is 558 g/mol. The van der Waals surface area contributed by atoms with E-state index in [-0.39, 0.29) is 5.92 Å². The highest BCUT2D eigenvalue weighted by Crippen LogP contribution is 2.47. The summed E-state index contributed by atoms with van der Waals surface area (Å²) in [7, 11) is 0. The molecule has 2 aliphatic carbocycles. The molecule has 0 radical (unpaired) electrons. The molecule has 7 aromatic carbocycles. The van der Waals surface area contributed by atoms with Crippen molar-refractivity contribution in [2.45, 2.75) is 5.92 Å². The normalized spacial score (nSPS) is 17.0. The van der Waals surface area contributed by atoms with Crippen LogP contribution in [0.5, 0.6) is 0 Å². The van der Waals surface area contributed by atoms with E-state index in [1.807, 2.05) is 0 Å². The van der Waals surface area contributed by atoms with Gasteiger partial charge >= 0.3 is 0 Å². The second-order valence-electron chi connectivity index (χ2n) is 12.0. The van der Waals surface area contributed by atoms with Gasteiger partial charge in [0.05, 0.1) is 0 Å². The molecule has 0 nitrogen and oxygen atoms in total. The molecule has 0 aromatic heterocycles. The third kappa shape index (κ3) is 3.92. The SMILES string of the molecule is C1=CC2=c3ccccc3=CC(c3c4ccccc4c(-c4ccc(-c5ccc6ccccc6c5)cc4)c4ccccc34)C2C=C1. The fourth-order valence-electron chi connectivity index (χ4n) is 7.64. The van der Waals surface area contributed by atoms with Crippen molar-refractivity contribution in [3.8, 4) is 22.3 Å². The van der Waals surface area contributed by atoms with Crippen molar-refractivity contribution in [2.24, 2.45) is 5.92 Å². The van der Waals surface area contributed by atoms with Gasteiger partial charge in [0.25, 0.3) is 0 Å². The van der Waals surface area contributed by atoms with Crippen LogP contribution in [0.2, 0.25) is 0 Å². The van der Waals surface area contributed by atoms with Gasteiger partial charge in [-0.15, -0.1) is 0 Å². The average Bonchev–Trinajstić information content (AvgIpc) is 3.10. The summed E-state index contributed by atoms with van der Waals surface area (Å²) >= 11 is 0. The number of rotatable bonds is 3. The zero-order valence-electron chi connectivity index (χ0n) is 24.3. The van der Waals surface area contributed by atoms with Crippen molar-refractivity contribution >= 4 is 44.0 Å². The van der Waals surface area contributed by atoms with Gasteiger partial charge in [0, 0.05) is 11.8 Å². The highest BCUT2D eigenvalue weighted by molar-refractivity contribution is 6.16. The molecular weight excluding hydrogens is 528 g/mol. The molecule has 0 N–H and O–H groups in total. The second-order valence-corrected chi connectivity index (χ2v) is 12.0. The third-order valence-electron chi connectivity index (χ3n) is 9.65. The molecule has 2 atom stereocenters. The Bertz CT molecular complexity index is 2380.